The van der Waals surface area contributed by atoms with E-state index in [1.54, 1.807) is 18.6 Å². The van der Waals surface area contributed by atoms with E-state index in [1.807, 2.05) is 0 Å². The highest BCUT2D eigenvalue weighted by atomic mass is 14.8. The second kappa shape index (κ2) is 3.58. The normalized spacial score (nSPS) is 10.1. The summed E-state index contributed by atoms with van der Waals surface area (Å²) in [6, 6.07) is 6.40. The van der Waals surface area contributed by atoms with Gasteiger partial charge in [-0.1, -0.05) is 17.2 Å². The lowest BCUT2D eigenvalue weighted by Crippen LogP contribution is -1.86. The fourth-order valence-corrected chi connectivity index (χ4v) is 1.57. The van der Waals surface area contributed by atoms with Crippen molar-refractivity contribution in [1.82, 2.24) is 9.97 Å². The molecule has 0 N–H and O–H groups in total. The van der Waals surface area contributed by atoms with Gasteiger partial charge >= 0.3 is 0 Å². The Morgan fingerprint density at radius 2 is 1.64 bits per heavy atom. The predicted molar refractivity (Wildman–Crippen MR) is 56.9 cm³/mol. The molecule has 14 heavy (non-hydrogen) atoms. The second-order valence-electron chi connectivity index (χ2n) is 3.47. The van der Waals surface area contributed by atoms with Crippen LogP contribution in [0.1, 0.15) is 11.1 Å². The van der Waals surface area contributed by atoms with Crippen LogP contribution in [0.15, 0.2) is 36.8 Å². The minimum absolute atomic E-state index is 0.930. The third-order valence-corrected chi connectivity index (χ3v) is 2.08. The largest absolute Gasteiger partial charge is 0.261 e. The summed E-state index contributed by atoms with van der Waals surface area (Å²) < 4.78 is 0. The van der Waals surface area contributed by atoms with Crippen molar-refractivity contribution in [2.45, 2.75) is 13.8 Å². The maximum atomic E-state index is 4.27. The van der Waals surface area contributed by atoms with Crippen molar-refractivity contribution < 1.29 is 0 Å². The van der Waals surface area contributed by atoms with Crippen LogP contribution in [0, 0.1) is 13.8 Å². The number of nitrogens with zero attached hydrogens (tertiary/aromatic N) is 2. The SMILES string of the molecule is Cc1cc(C)cc(-c2cnccn2)c1. The summed E-state index contributed by atoms with van der Waals surface area (Å²) >= 11 is 0. The lowest BCUT2D eigenvalue weighted by atomic mass is 10.1. The molecule has 0 atom stereocenters. The molecule has 0 unspecified atom stereocenters. The van der Waals surface area contributed by atoms with E-state index in [2.05, 4.69) is 42.0 Å². The number of hydrogen-bond acceptors (Lipinski definition) is 2. The molecular formula is C12H12N2. The van der Waals surface area contributed by atoms with Gasteiger partial charge in [-0.2, -0.15) is 0 Å². The minimum Gasteiger partial charge on any atom is -0.261 e. The van der Waals surface area contributed by atoms with Crippen LogP contribution in [0.3, 0.4) is 0 Å². The Balaban J connectivity index is 2.52. The quantitative estimate of drug-likeness (QED) is 0.681. The predicted octanol–water partition coefficient (Wildman–Crippen LogP) is 2.76. The van der Waals surface area contributed by atoms with Gasteiger partial charge in [0.05, 0.1) is 11.9 Å². The molecule has 2 rings (SSSR count). The average molecular weight is 184 g/mol. The zero-order valence-corrected chi connectivity index (χ0v) is 8.36. The zero-order valence-electron chi connectivity index (χ0n) is 8.36. The second-order valence-corrected chi connectivity index (χ2v) is 3.47. The highest BCUT2D eigenvalue weighted by Crippen LogP contribution is 2.18. The van der Waals surface area contributed by atoms with Crippen molar-refractivity contribution in [1.29, 1.82) is 0 Å². The van der Waals surface area contributed by atoms with Crippen LogP contribution in [0.4, 0.5) is 0 Å². The summed E-state index contributed by atoms with van der Waals surface area (Å²) in [7, 11) is 0. The molecule has 0 aliphatic rings. The van der Waals surface area contributed by atoms with Crippen molar-refractivity contribution >= 4 is 0 Å². The first kappa shape index (κ1) is 8.88. The van der Waals surface area contributed by atoms with Crippen LogP contribution in [-0.4, -0.2) is 9.97 Å². The van der Waals surface area contributed by atoms with Crippen LogP contribution >= 0.6 is 0 Å². The minimum atomic E-state index is 0.930. The van der Waals surface area contributed by atoms with Gasteiger partial charge in [0.1, 0.15) is 0 Å². The van der Waals surface area contributed by atoms with Gasteiger partial charge in [-0.05, 0) is 26.0 Å². The molecular weight excluding hydrogens is 172 g/mol. The molecule has 0 fully saturated rings. The number of hydrogen-bond donors (Lipinski definition) is 0. The van der Waals surface area contributed by atoms with E-state index >= 15 is 0 Å². The molecule has 1 heterocycles. The maximum absolute atomic E-state index is 4.27. The summed E-state index contributed by atoms with van der Waals surface area (Å²) in [5, 5.41) is 0. The third-order valence-electron chi connectivity index (χ3n) is 2.08. The molecule has 0 bridgehead atoms. The number of benzene rings is 1. The Morgan fingerprint density at radius 3 is 2.21 bits per heavy atom. The first-order valence-corrected chi connectivity index (χ1v) is 4.60. The fraction of sp³-hybridized carbons (Fsp3) is 0.167. The Bertz CT molecular complexity index is 415. The lowest BCUT2D eigenvalue weighted by Gasteiger charge is -2.03. The lowest BCUT2D eigenvalue weighted by molar-refractivity contribution is 1.20. The summed E-state index contributed by atoms with van der Waals surface area (Å²) in [5.41, 5.74) is 4.58. The molecule has 0 saturated heterocycles. The van der Waals surface area contributed by atoms with Gasteiger partial charge in [-0.25, -0.2) is 0 Å². The first-order valence-electron chi connectivity index (χ1n) is 4.60. The molecule has 70 valence electrons. The van der Waals surface area contributed by atoms with Crippen LogP contribution in [0.25, 0.3) is 11.3 Å². The summed E-state index contributed by atoms with van der Waals surface area (Å²) in [4.78, 5) is 8.33. The monoisotopic (exact) mass is 184 g/mol. The zero-order chi connectivity index (χ0) is 9.97. The molecule has 2 heteroatoms. The Morgan fingerprint density at radius 1 is 0.929 bits per heavy atom. The topological polar surface area (TPSA) is 25.8 Å². The van der Waals surface area contributed by atoms with Gasteiger partial charge in [0, 0.05) is 18.0 Å². The molecule has 0 spiro atoms. The average Bonchev–Trinajstić information content (AvgIpc) is 2.18. The van der Waals surface area contributed by atoms with E-state index in [4.69, 9.17) is 0 Å². The summed E-state index contributed by atoms with van der Waals surface area (Å²) in [6.45, 7) is 4.18. The van der Waals surface area contributed by atoms with Gasteiger partial charge in [0.25, 0.3) is 0 Å². The molecule has 1 aromatic carbocycles. The van der Waals surface area contributed by atoms with Gasteiger partial charge in [0.2, 0.25) is 0 Å². The molecule has 2 aromatic rings. The fourth-order valence-electron chi connectivity index (χ4n) is 1.57. The Labute approximate surface area is 83.7 Å². The summed E-state index contributed by atoms with van der Waals surface area (Å²) in [6.07, 6.45) is 5.19. The molecule has 0 radical (unpaired) electrons. The van der Waals surface area contributed by atoms with Gasteiger partial charge < -0.3 is 0 Å². The maximum Gasteiger partial charge on any atom is 0.0885 e. The van der Waals surface area contributed by atoms with Gasteiger partial charge in [-0.15, -0.1) is 0 Å². The van der Waals surface area contributed by atoms with Gasteiger partial charge in [-0.3, -0.25) is 9.97 Å². The van der Waals surface area contributed by atoms with Crippen molar-refractivity contribution in [2.75, 3.05) is 0 Å². The van der Waals surface area contributed by atoms with Crippen molar-refractivity contribution in [3.63, 3.8) is 0 Å². The molecule has 1 aromatic heterocycles. The molecule has 2 nitrogen and oxygen atoms in total. The van der Waals surface area contributed by atoms with E-state index in [1.165, 1.54) is 11.1 Å². The molecule has 0 saturated carbocycles. The van der Waals surface area contributed by atoms with Crippen molar-refractivity contribution in [3.05, 3.63) is 47.9 Å². The van der Waals surface area contributed by atoms with Crippen molar-refractivity contribution in [2.24, 2.45) is 0 Å². The van der Waals surface area contributed by atoms with Gasteiger partial charge in [0.15, 0.2) is 0 Å². The highest BCUT2D eigenvalue weighted by Gasteiger charge is 1.99. The Kier molecular flexibility index (Phi) is 2.27. The third kappa shape index (κ3) is 1.79. The standard InChI is InChI=1S/C12H12N2/c1-9-5-10(2)7-11(6-9)12-8-13-3-4-14-12/h3-8H,1-2H3. The Hall–Kier alpha value is -1.70. The van der Waals surface area contributed by atoms with E-state index in [0.717, 1.165) is 11.3 Å². The highest BCUT2D eigenvalue weighted by molar-refractivity contribution is 5.60. The summed E-state index contributed by atoms with van der Waals surface area (Å²) in [5.74, 6) is 0. The van der Waals surface area contributed by atoms with E-state index < -0.39 is 0 Å². The van der Waals surface area contributed by atoms with Crippen LogP contribution in [0.5, 0.6) is 0 Å². The van der Waals surface area contributed by atoms with E-state index in [9.17, 15) is 0 Å². The molecule has 0 amide bonds. The van der Waals surface area contributed by atoms with Crippen LogP contribution < -0.4 is 0 Å². The van der Waals surface area contributed by atoms with Crippen LogP contribution in [0.2, 0.25) is 0 Å². The van der Waals surface area contributed by atoms with Crippen molar-refractivity contribution in [3.8, 4) is 11.3 Å². The molecule has 0 aliphatic heterocycles. The number of aryl methyl sites for hydroxylation is 2. The van der Waals surface area contributed by atoms with E-state index in [0.29, 0.717) is 0 Å². The van der Waals surface area contributed by atoms with E-state index in [-0.39, 0.29) is 0 Å². The smallest absolute Gasteiger partial charge is 0.0885 e. The van der Waals surface area contributed by atoms with Crippen LogP contribution in [-0.2, 0) is 0 Å². The number of aromatic nitrogens is 2. The first-order chi connectivity index (χ1) is 6.75. The molecule has 0 aliphatic carbocycles. The number of rotatable bonds is 1.